The third-order valence-corrected chi connectivity index (χ3v) is 7.26. The second-order valence-corrected chi connectivity index (χ2v) is 10.4. The van der Waals surface area contributed by atoms with E-state index < -0.39 is 11.9 Å². The number of halogens is 1. The van der Waals surface area contributed by atoms with Crippen molar-refractivity contribution in [3.8, 4) is 21.9 Å². The largest absolute Gasteiger partial charge is 0.453 e. The number of hydrogen-bond acceptors (Lipinski definition) is 7. The van der Waals surface area contributed by atoms with Gasteiger partial charge in [0.1, 0.15) is 12.4 Å². The van der Waals surface area contributed by atoms with Crippen molar-refractivity contribution >= 4 is 39.4 Å². The Labute approximate surface area is 221 Å². The van der Waals surface area contributed by atoms with Crippen molar-refractivity contribution in [3.05, 3.63) is 54.7 Å². The van der Waals surface area contributed by atoms with Crippen molar-refractivity contribution in [2.45, 2.75) is 44.3 Å². The molecule has 3 aromatic heterocycles. The van der Waals surface area contributed by atoms with Gasteiger partial charge in [0.25, 0.3) is 0 Å². The van der Waals surface area contributed by atoms with Gasteiger partial charge < -0.3 is 25.4 Å². The number of benzene rings is 1. The normalized spacial score (nSPS) is 14.8. The summed E-state index contributed by atoms with van der Waals surface area (Å²) < 4.78 is 28.4. The molecule has 10 nitrogen and oxygen atoms in total. The maximum Gasteiger partial charge on any atom is 0.407 e. The number of alkyl carbamates (subject to hydrolysis) is 1. The highest BCUT2D eigenvalue weighted by molar-refractivity contribution is 7.22. The van der Waals surface area contributed by atoms with Crippen LogP contribution in [0.4, 0.5) is 19.7 Å². The first-order valence-electron chi connectivity index (χ1n) is 12.4. The van der Waals surface area contributed by atoms with Gasteiger partial charge >= 0.3 is 12.1 Å². The van der Waals surface area contributed by atoms with Gasteiger partial charge in [-0.1, -0.05) is 0 Å². The van der Waals surface area contributed by atoms with Gasteiger partial charge in [-0.25, -0.2) is 14.0 Å². The Hall–Kier alpha value is -4.19. The van der Waals surface area contributed by atoms with Gasteiger partial charge in [-0.15, -0.1) is 11.3 Å². The van der Waals surface area contributed by atoms with Gasteiger partial charge in [0.05, 0.1) is 23.0 Å². The van der Waals surface area contributed by atoms with Crippen LogP contribution in [-0.2, 0) is 11.3 Å². The number of carbonyl (C=O) groups is 2. The number of anilines is 1. The number of nitrogens with one attached hydrogen (secondary N) is 3. The molecule has 3 heterocycles. The maximum atomic E-state index is 14.8. The van der Waals surface area contributed by atoms with E-state index >= 15 is 0 Å². The zero-order chi connectivity index (χ0) is 26.1. The molecule has 12 heteroatoms. The molecule has 3 amide bonds. The number of thiophene rings is 1. The maximum absolute atomic E-state index is 14.8. The predicted octanol–water partition coefficient (Wildman–Crippen LogP) is 5.26. The summed E-state index contributed by atoms with van der Waals surface area (Å²) in [5, 5.41) is 12.6. The summed E-state index contributed by atoms with van der Waals surface area (Å²) in [6.07, 6.45) is 8.77. The fraction of sp³-hybridized carbons (Fsp3) is 0.308. The average molecular weight is 537 g/mol. The van der Waals surface area contributed by atoms with Crippen molar-refractivity contribution in [2.75, 3.05) is 11.9 Å². The third kappa shape index (κ3) is 5.86. The molecule has 2 aliphatic carbocycles. The first-order valence-corrected chi connectivity index (χ1v) is 13.2. The number of nitrogens with zero attached hydrogens (tertiary/aromatic N) is 3. The SMILES string of the molecule is O=C(Nc1ccc(Oc2ccnc3cc(-c4cnn(CCOC(=O)NC5CC5)c4)sc23)c(F)c1)NC1CC1. The van der Waals surface area contributed by atoms with Gasteiger partial charge in [0, 0.05) is 52.7 Å². The summed E-state index contributed by atoms with van der Waals surface area (Å²) in [4.78, 5) is 28.9. The van der Waals surface area contributed by atoms with Gasteiger partial charge in [-0.05, 0) is 43.9 Å². The Morgan fingerprint density at radius 2 is 1.89 bits per heavy atom. The lowest BCUT2D eigenvalue weighted by atomic mass is 10.2. The second-order valence-electron chi connectivity index (χ2n) is 9.30. The summed E-state index contributed by atoms with van der Waals surface area (Å²) in [5.74, 6) is -0.0794. The number of pyridine rings is 1. The van der Waals surface area contributed by atoms with E-state index in [0.29, 0.717) is 23.5 Å². The van der Waals surface area contributed by atoms with E-state index in [1.54, 1.807) is 29.2 Å². The van der Waals surface area contributed by atoms with E-state index in [1.807, 2.05) is 12.3 Å². The molecule has 2 saturated carbocycles. The predicted molar refractivity (Wildman–Crippen MR) is 140 cm³/mol. The molecule has 2 fully saturated rings. The Bertz CT molecular complexity index is 1500. The first-order chi connectivity index (χ1) is 18.5. The molecule has 3 N–H and O–H groups in total. The molecule has 2 aliphatic rings. The van der Waals surface area contributed by atoms with E-state index in [0.717, 1.165) is 40.8 Å². The van der Waals surface area contributed by atoms with Crippen LogP contribution < -0.4 is 20.7 Å². The highest BCUT2D eigenvalue weighted by atomic mass is 32.1. The number of hydrogen-bond donors (Lipinski definition) is 3. The van der Waals surface area contributed by atoms with Gasteiger partial charge in [-0.2, -0.15) is 5.10 Å². The average Bonchev–Trinajstić information content (AvgIpc) is 3.78. The molecule has 0 unspecified atom stereocenters. The van der Waals surface area contributed by atoms with E-state index in [4.69, 9.17) is 9.47 Å². The number of carbonyl (C=O) groups excluding carboxylic acids is 2. The van der Waals surface area contributed by atoms with Crippen molar-refractivity contribution in [1.29, 1.82) is 0 Å². The van der Waals surface area contributed by atoms with Crippen LogP contribution in [-0.4, -0.2) is 45.6 Å². The Balaban J connectivity index is 1.11. The molecule has 4 aromatic rings. The summed E-state index contributed by atoms with van der Waals surface area (Å²) in [7, 11) is 0. The molecule has 6 rings (SSSR count). The number of amides is 3. The lowest BCUT2D eigenvalue weighted by Crippen LogP contribution is -2.30. The van der Waals surface area contributed by atoms with Crippen LogP contribution in [0.5, 0.6) is 11.5 Å². The minimum atomic E-state index is -0.592. The van der Waals surface area contributed by atoms with Gasteiger partial charge in [0.2, 0.25) is 0 Å². The molecule has 38 heavy (non-hydrogen) atoms. The zero-order valence-electron chi connectivity index (χ0n) is 20.3. The van der Waals surface area contributed by atoms with Gasteiger partial charge in [-0.3, -0.25) is 9.67 Å². The summed E-state index contributed by atoms with van der Waals surface area (Å²) in [6, 6.07) is 8.04. The molecule has 1 aromatic carbocycles. The molecule has 0 bridgehead atoms. The van der Waals surface area contributed by atoms with Crippen molar-refractivity contribution < 1.29 is 23.5 Å². The molecule has 0 spiro atoms. The fourth-order valence-electron chi connectivity index (χ4n) is 3.78. The minimum absolute atomic E-state index is 0.0409. The zero-order valence-corrected chi connectivity index (χ0v) is 21.1. The molecule has 196 valence electrons. The summed E-state index contributed by atoms with van der Waals surface area (Å²) in [5.41, 5.74) is 1.94. The number of rotatable bonds is 9. The van der Waals surface area contributed by atoms with Gasteiger partial charge in [0.15, 0.2) is 11.6 Å². The van der Waals surface area contributed by atoms with Crippen LogP contribution in [0, 0.1) is 5.82 Å². The smallest absolute Gasteiger partial charge is 0.407 e. The third-order valence-electron chi connectivity index (χ3n) is 6.07. The standard InChI is InChI=1S/C26H25FN6O4S/c27-19-11-18(31-25(34)30-16-1-2-16)5-6-21(19)37-22-7-8-28-20-12-23(38-24(20)22)15-13-29-33(14-15)9-10-36-26(35)32-17-3-4-17/h5-8,11-14,16-17H,1-4,9-10H2,(H,32,35)(H2,30,31,34). The molecule has 0 radical (unpaired) electrons. The molecular formula is C26H25FN6O4S. The van der Waals surface area contributed by atoms with E-state index in [-0.39, 0.29) is 30.5 Å². The van der Waals surface area contributed by atoms with Crippen LogP contribution in [0.25, 0.3) is 20.7 Å². The fourth-order valence-corrected chi connectivity index (χ4v) is 4.82. The Morgan fingerprint density at radius 1 is 1.08 bits per heavy atom. The quantitative estimate of drug-likeness (QED) is 0.268. The highest BCUT2D eigenvalue weighted by Crippen LogP contribution is 2.39. The molecule has 0 atom stereocenters. The van der Waals surface area contributed by atoms with Crippen molar-refractivity contribution in [2.24, 2.45) is 0 Å². The Kier molecular flexibility index (Phi) is 6.54. The number of aromatic nitrogens is 3. The minimum Gasteiger partial charge on any atom is -0.453 e. The van der Waals surface area contributed by atoms with Crippen molar-refractivity contribution in [1.82, 2.24) is 25.4 Å². The van der Waals surface area contributed by atoms with Crippen LogP contribution in [0.2, 0.25) is 0 Å². The highest BCUT2D eigenvalue weighted by Gasteiger charge is 2.24. The lowest BCUT2D eigenvalue weighted by Gasteiger charge is -2.10. The topological polar surface area (TPSA) is 119 Å². The summed E-state index contributed by atoms with van der Waals surface area (Å²) in [6.45, 7) is 0.651. The number of urea groups is 1. The van der Waals surface area contributed by atoms with Crippen LogP contribution >= 0.6 is 11.3 Å². The monoisotopic (exact) mass is 536 g/mol. The number of fused-ring (bicyclic) bond motifs is 1. The molecular weight excluding hydrogens is 511 g/mol. The first kappa shape index (κ1) is 24.2. The lowest BCUT2D eigenvalue weighted by molar-refractivity contribution is 0.140. The van der Waals surface area contributed by atoms with E-state index in [9.17, 15) is 14.0 Å². The number of ether oxygens (including phenoxy) is 2. The van der Waals surface area contributed by atoms with E-state index in [2.05, 4.69) is 26.0 Å². The van der Waals surface area contributed by atoms with Crippen LogP contribution in [0.3, 0.4) is 0 Å². The Morgan fingerprint density at radius 3 is 2.68 bits per heavy atom. The molecule has 0 aliphatic heterocycles. The van der Waals surface area contributed by atoms with Crippen molar-refractivity contribution in [3.63, 3.8) is 0 Å². The van der Waals surface area contributed by atoms with Crippen LogP contribution in [0.1, 0.15) is 25.7 Å². The summed E-state index contributed by atoms with van der Waals surface area (Å²) >= 11 is 1.46. The molecule has 0 saturated heterocycles. The van der Waals surface area contributed by atoms with Crippen LogP contribution in [0.15, 0.2) is 48.9 Å². The van der Waals surface area contributed by atoms with E-state index in [1.165, 1.54) is 23.5 Å². The second kappa shape index (κ2) is 10.3.